The molecule has 0 radical (unpaired) electrons. The summed E-state index contributed by atoms with van der Waals surface area (Å²) in [4.78, 5) is 30.5. The highest BCUT2D eigenvalue weighted by Crippen LogP contribution is 2.18. The zero-order chi connectivity index (χ0) is 16.8. The maximum atomic E-state index is 12.0. The van der Waals surface area contributed by atoms with Gasteiger partial charge in [-0.05, 0) is 30.3 Å². The standard InChI is InChI=1S/C17H14N4O3/c22-16(20-21-17(23)14-7-4-10-18-14)12-8-9-15(19-11-12)24-13-5-2-1-3-6-13/h1-11,18H,(H,20,22)(H,21,23). The van der Waals surface area contributed by atoms with Crippen molar-refractivity contribution in [2.24, 2.45) is 0 Å². The van der Waals surface area contributed by atoms with Crippen molar-refractivity contribution in [2.45, 2.75) is 0 Å². The summed E-state index contributed by atoms with van der Waals surface area (Å²) in [6.45, 7) is 0. The van der Waals surface area contributed by atoms with Crippen LogP contribution in [0.4, 0.5) is 0 Å². The van der Waals surface area contributed by atoms with E-state index in [4.69, 9.17) is 4.74 Å². The Hall–Kier alpha value is -3.61. The molecule has 0 spiro atoms. The highest BCUT2D eigenvalue weighted by atomic mass is 16.5. The lowest BCUT2D eigenvalue weighted by atomic mass is 10.3. The summed E-state index contributed by atoms with van der Waals surface area (Å²) < 4.78 is 5.54. The van der Waals surface area contributed by atoms with E-state index in [0.29, 0.717) is 22.9 Å². The number of carbonyl (C=O) groups is 2. The molecule has 0 saturated heterocycles. The smallest absolute Gasteiger partial charge is 0.286 e. The van der Waals surface area contributed by atoms with Crippen LogP contribution in [0.25, 0.3) is 0 Å². The molecular formula is C17H14N4O3. The number of H-pyrrole nitrogens is 1. The number of para-hydroxylation sites is 1. The normalized spacial score (nSPS) is 10.0. The van der Waals surface area contributed by atoms with Gasteiger partial charge in [-0.1, -0.05) is 18.2 Å². The molecule has 0 aliphatic heterocycles. The lowest BCUT2D eigenvalue weighted by Crippen LogP contribution is -2.41. The van der Waals surface area contributed by atoms with Crippen molar-refractivity contribution < 1.29 is 14.3 Å². The molecule has 0 aliphatic rings. The van der Waals surface area contributed by atoms with Gasteiger partial charge in [-0.15, -0.1) is 0 Å². The third-order valence-corrected chi connectivity index (χ3v) is 3.10. The number of aromatic amines is 1. The van der Waals surface area contributed by atoms with E-state index in [1.165, 1.54) is 6.20 Å². The third kappa shape index (κ3) is 3.77. The molecule has 7 nitrogen and oxygen atoms in total. The number of rotatable bonds is 4. The lowest BCUT2D eigenvalue weighted by Gasteiger charge is -2.07. The van der Waals surface area contributed by atoms with Crippen molar-refractivity contribution in [1.29, 1.82) is 0 Å². The zero-order valence-corrected chi connectivity index (χ0v) is 12.5. The Morgan fingerprint density at radius 3 is 2.38 bits per heavy atom. The third-order valence-electron chi connectivity index (χ3n) is 3.10. The predicted octanol–water partition coefficient (Wildman–Crippen LogP) is 2.28. The summed E-state index contributed by atoms with van der Waals surface area (Å²) in [5.74, 6) is 0.104. The fraction of sp³-hybridized carbons (Fsp3) is 0. The first kappa shape index (κ1) is 15.3. The highest BCUT2D eigenvalue weighted by Gasteiger charge is 2.10. The highest BCUT2D eigenvalue weighted by molar-refractivity contribution is 5.98. The van der Waals surface area contributed by atoms with Crippen molar-refractivity contribution in [3.63, 3.8) is 0 Å². The number of hydrazine groups is 1. The number of nitrogens with one attached hydrogen (secondary N) is 3. The second kappa shape index (κ2) is 7.10. The minimum Gasteiger partial charge on any atom is -0.439 e. The number of aromatic nitrogens is 2. The average Bonchev–Trinajstić information content (AvgIpc) is 3.16. The van der Waals surface area contributed by atoms with Crippen LogP contribution >= 0.6 is 0 Å². The van der Waals surface area contributed by atoms with Gasteiger partial charge < -0.3 is 9.72 Å². The van der Waals surface area contributed by atoms with Crippen LogP contribution in [0.1, 0.15) is 20.8 Å². The van der Waals surface area contributed by atoms with Gasteiger partial charge in [0.2, 0.25) is 5.88 Å². The Morgan fingerprint density at radius 2 is 1.71 bits per heavy atom. The Balaban J connectivity index is 1.57. The maximum absolute atomic E-state index is 12.0. The van der Waals surface area contributed by atoms with Gasteiger partial charge in [-0.25, -0.2) is 4.98 Å². The van der Waals surface area contributed by atoms with Crippen LogP contribution in [0, 0.1) is 0 Å². The minimum absolute atomic E-state index is 0.294. The van der Waals surface area contributed by atoms with E-state index < -0.39 is 11.8 Å². The molecule has 2 amide bonds. The number of pyridine rings is 1. The Labute approximate surface area is 137 Å². The van der Waals surface area contributed by atoms with E-state index in [0.717, 1.165) is 0 Å². The molecule has 120 valence electrons. The zero-order valence-electron chi connectivity index (χ0n) is 12.5. The van der Waals surface area contributed by atoms with Gasteiger partial charge in [0.15, 0.2) is 0 Å². The summed E-state index contributed by atoms with van der Waals surface area (Å²) in [5, 5.41) is 0. The monoisotopic (exact) mass is 322 g/mol. The molecule has 0 atom stereocenters. The largest absolute Gasteiger partial charge is 0.439 e. The number of hydrogen-bond acceptors (Lipinski definition) is 4. The molecule has 0 bridgehead atoms. The molecule has 2 aromatic heterocycles. The summed E-state index contributed by atoms with van der Waals surface area (Å²) in [6.07, 6.45) is 2.99. The molecule has 24 heavy (non-hydrogen) atoms. The molecule has 3 aromatic rings. The number of amides is 2. The van der Waals surface area contributed by atoms with Gasteiger partial charge in [0.1, 0.15) is 11.4 Å². The van der Waals surface area contributed by atoms with E-state index in [9.17, 15) is 9.59 Å². The van der Waals surface area contributed by atoms with Crippen LogP contribution in [-0.2, 0) is 0 Å². The summed E-state index contributed by atoms with van der Waals surface area (Å²) in [7, 11) is 0. The SMILES string of the molecule is O=C(NNC(=O)c1ccc[nH]1)c1ccc(Oc2ccccc2)nc1. The topological polar surface area (TPSA) is 96.1 Å². The summed E-state index contributed by atoms with van der Waals surface area (Å²) >= 11 is 0. The van der Waals surface area contributed by atoms with Crippen LogP contribution in [0.3, 0.4) is 0 Å². The van der Waals surface area contributed by atoms with Crippen molar-refractivity contribution in [1.82, 2.24) is 20.8 Å². The molecule has 0 aliphatic carbocycles. The van der Waals surface area contributed by atoms with Crippen molar-refractivity contribution >= 4 is 11.8 Å². The second-order valence-electron chi connectivity index (χ2n) is 4.79. The van der Waals surface area contributed by atoms with Crippen molar-refractivity contribution in [3.05, 3.63) is 78.2 Å². The van der Waals surface area contributed by atoms with Crippen molar-refractivity contribution in [3.8, 4) is 11.6 Å². The van der Waals surface area contributed by atoms with Crippen LogP contribution in [0.15, 0.2) is 67.0 Å². The first-order valence-corrected chi connectivity index (χ1v) is 7.15. The maximum Gasteiger partial charge on any atom is 0.286 e. The molecule has 3 rings (SSSR count). The number of carbonyl (C=O) groups excluding carboxylic acids is 2. The molecule has 0 unspecified atom stereocenters. The molecule has 1 aromatic carbocycles. The van der Waals surface area contributed by atoms with E-state index in [2.05, 4.69) is 20.8 Å². The number of benzene rings is 1. The first-order chi connectivity index (χ1) is 11.7. The van der Waals surface area contributed by atoms with Crippen LogP contribution < -0.4 is 15.6 Å². The molecule has 3 N–H and O–H groups in total. The van der Waals surface area contributed by atoms with Gasteiger partial charge in [-0.2, -0.15) is 0 Å². The van der Waals surface area contributed by atoms with E-state index in [1.807, 2.05) is 18.2 Å². The minimum atomic E-state index is -0.478. The van der Waals surface area contributed by atoms with Crippen LogP contribution in [-0.4, -0.2) is 21.8 Å². The van der Waals surface area contributed by atoms with E-state index >= 15 is 0 Å². The van der Waals surface area contributed by atoms with Crippen LogP contribution in [0.5, 0.6) is 11.6 Å². The second-order valence-corrected chi connectivity index (χ2v) is 4.79. The van der Waals surface area contributed by atoms with Gasteiger partial charge in [0, 0.05) is 18.5 Å². The predicted molar refractivity (Wildman–Crippen MR) is 86.5 cm³/mol. The molecule has 0 fully saturated rings. The fourth-order valence-corrected chi connectivity index (χ4v) is 1.91. The Morgan fingerprint density at radius 1 is 0.917 bits per heavy atom. The van der Waals surface area contributed by atoms with Gasteiger partial charge in [-0.3, -0.25) is 20.4 Å². The molecule has 7 heteroatoms. The number of ether oxygens (including phenoxy) is 1. The quantitative estimate of drug-likeness (QED) is 0.642. The molecular weight excluding hydrogens is 308 g/mol. The summed E-state index contributed by atoms with van der Waals surface area (Å²) in [6, 6.07) is 15.6. The number of hydrogen-bond donors (Lipinski definition) is 3. The Bertz CT molecular complexity index is 815. The van der Waals surface area contributed by atoms with Gasteiger partial charge in [0.25, 0.3) is 11.8 Å². The average molecular weight is 322 g/mol. The van der Waals surface area contributed by atoms with Gasteiger partial charge in [0.05, 0.1) is 5.56 Å². The summed E-state index contributed by atoms with van der Waals surface area (Å²) in [5.41, 5.74) is 5.27. The Kier molecular flexibility index (Phi) is 4.52. The first-order valence-electron chi connectivity index (χ1n) is 7.15. The van der Waals surface area contributed by atoms with E-state index in [1.54, 1.807) is 42.6 Å². The molecule has 0 saturated carbocycles. The fourth-order valence-electron chi connectivity index (χ4n) is 1.91. The van der Waals surface area contributed by atoms with E-state index in [-0.39, 0.29) is 0 Å². The van der Waals surface area contributed by atoms with Crippen LogP contribution in [0.2, 0.25) is 0 Å². The lowest BCUT2D eigenvalue weighted by molar-refractivity contribution is 0.0844. The number of nitrogens with zero attached hydrogens (tertiary/aromatic N) is 1. The molecule has 2 heterocycles. The van der Waals surface area contributed by atoms with Crippen molar-refractivity contribution in [2.75, 3.05) is 0 Å². The van der Waals surface area contributed by atoms with Gasteiger partial charge >= 0.3 is 0 Å².